The highest BCUT2D eigenvalue weighted by Gasteiger charge is 2.41. The second-order valence-electron chi connectivity index (χ2n) is 7.91. The molecule has 0 bridgehead atoms. The summed E-state index contributed by atoms with van der Waals surface area (Å²) in [4.78, 5) is 43.1. The van der Waals surface area contributed by atoms with Crippen molar-refractivity contribution in [3.63, 3.8) is 0 Å². The summed E-state index contributed by atoms with van der Waals surface area (Å²) in [7, 11) is 1.70. The number of H-pyrrole nitrogens is 1. The van der Waals surface area contributed by atoms with Gasteiger partial charge in [0.15, 0.2) is 6.10 Å². The molecule has 2 N–H and O–H groups in total. The molecule has 3 heterocycles. The van der Waals surface area contributed by atoms with Gasteiger partial charge in [-0.3, -0.25) is 14.4 Å². The van der Waals surface area contributed by atoms with Crippen molar-refractivity contribution in [2.24, 2.45) is 0 Å². The summed E-state index contributed by atoms with van der Waals surface area (Å²) in [6, 6.07) is 10.8. The summed E-state index contributed by atoms with van der Waals surface area (Å²) in [6.45, 7) is 0. The van der Waals surface area contributed by atoms with E-state index < -0.39 is 6.10 Å². The fraction of sp³-hybridized carbons (Fsp3) is 0.318. The molecule has 1 aliphatic carbocycles. The maximum absolute atomic E-state index is 13.0. The number of likely N-dealkylation sites (N-methyl/N-ethyl adjacent to an activating group) is 1. The molecule has 2 aliphatic rings. The molecule has 0 radical (unpaired) electrons. The third kappa shape index (κ3) is 3.59. The number of hydrogen-bond donors (Lipinski definition) is 2. The molecule has 3 aromatic rings. The number of halogens is 1. The fourth-order valence-electron chi connectivity index (χ4n) is 4.51. The molecule has 1 aliphatic heterocycles. The van der Waals surface area contributed by atoms with Gasteiger partial charge in [0.25, 0.3) is 11.8 Å². The van der Waals surface area contributed by atoms with Crippen LogP contribution in [0.2, 0.25) is 4.34 Å². The third-order valence-corrected chi connectivity index (χ3v) is 7.15. The Morgan fingerprint density at radius 2 is 2.10 bits per heavy atom. The lowest BCUT2D eigenvalue weighted by Gasteiger charge is -2.32. The van der Waals surface area contributed by atoms with Gasteiger partial charge in [-0.2, -0.15) is 0 Å². The maximum atomic E-state index is 13.0. The number of aromatic nitrogens is 1. The Morgan fingerprint density at radius 3 is 2.84 bits per heavy atom. The van der Waals surface area contributed by atoms with Crippen molar-refractivity contribution in [2.45, 2.75) is 37.5 Å². The third-order valence-electron chi connectivity index (χ3n) is 5.96. The van der Waals surface area contributed by atoms with Crippen molar-refractivity contribution in [3.8, 4) is 0 Å². The predicted octanol–water partition coefficient (Wildman–Crippen LogP) is 3.44. The molecule has 0 spiro atoms. The molecule has 5 rings (SSSR count). The minimum atomic E-state index is -0.762. The zero-order chi connectivity index (χ0) is 21.7. The number of rotatable bonds is 4. The van der Waals surface area contributed by atoms with Crippen molar-refractivity contribution >= 4 is 50.9 Å². The quantitative estimate of drug-likeness (QED) is 0.587. The van der Waals surface area contributed by atoms with E-state index in [4.69, 9.17) is 16.3 Å². The van der Waals surface area contributed by atoms with Crippen LogP contribution in [0.5, 0.6) is 0 Å². The van der Waals surface area contributed by atoms with Crippen LogP contribution in [0.4, 0.5) is 0 Å². The average molecular weight is 458 g/mol. The molecule has 3 atom stereocenters. The van der Waals surface area contributed by atoms with Crippen molar-refractivity contribution in [1.29, 1.82) is 0 Å². The van der Waals surface area contributed by atoms with E-state index in [1.165, 1.54) is 11.3 Å². The molecule has 0 saturated carbocycles. The molecule has 9 heteroatoms. The highest BCUT2D eigenvalue weighted by atomic mass is 35.5. The number of ether oxygens (including phenoxy) is 1. The molecule has 1 saturated heterocycles. The Balaban J connectivity index is 1.39. The van der Waals surface area contributed by atoms with E-state index in [0.29, 0.717) is 22.9 Å². The van der Waals surface area contributed by atoms with Crippen LogP contribution in [0.1, 0.15) is 40.5 Å². The van der Waals surface area contributed by atoms with Crippen LogP contribution >= 0.6 is 22.9 Å². The zero-order valence-corrected chi connectivity index (χ0v) is 18.3. The number of nitrogens with zero attached hydrogens (tertiary/aromatic N) is 1. The zero-order valence-electron chi connectivity index (χ0n) is 16.7. The van der Waals surface area contributed by atoms with Gasteiger partial charge in [0.05, 0.1) is 16.4 Å². The molecule has 31 heavy (non-hydrogen) atoms. The van der Waals surface area contributed by atoms with E-state index in [0.717, 1.165) is 21.3 Å². The highest BCUT2D eigenvalue weighted by Crippen LogP contribution is 2.37. The van der Waals surface area contributed by atoms with Crippen LogP contribution in [0.15, 0.2) is 36.4 Å². The van der Waals surface area contributed by atoms with Crippen molar-refractivity contribution in [2.75, 3.05) is 7.05 Å². The van der Waals surface area contributed by atoms with E-state index in [1.54, 1.807) is 18.0 Å². The van der Waals surface area contributed by atoms with Gasteiger partial charge in [0.2, 0.25) is 0 Å². The fourth-order valence-corrected chi connectivity index (χ4v) is 5.63. The monoisotopic (exact) mass is 457 g/mol. The maximum Gasteiger partial charge on any atom is 0.306 e. The second-order valence-corrected chi connectivity index (χ2v) is 9.60. The molecular weight excluding hydrogens is 438 g/mol. The molecular formula is C22H20ClN3O4S. The molecule has 7 nitrogen and oxygen atoms in total. The highest BCUT2D eigenvalue weighted by molar-refractivity contribution is 7.22. The molecule has 160 valence electrons. The second kappa shape index (κ2) is 7.69. The largest absolute Gasteiger partial charge is 0.452 e. The van der Waals surface area contributed by atoms with Gasteiger partial charge in [0.1, 0.15) is 10.5 Å². The van der Waals surface area contributed by atoms with Crippen molar-refractivity contribution in [3.05, 3.63) is 57.6 Å². The van der Waals surface area contributed by atoms with E-state index >= 15 is 0 Å². The summed E-state index contributed by atoms with van der Waals surface area (Å²) in [6.07, 6.45) is 0.478. The van der Waals surface area contributed by atoms with E-state index in [2.05, 4.69) is 10.3 Å². The summed E-state index contributed by atoms with van der Waals surface area (Å²) in [5.41, 5.74) is 2.53. The van der Waals surface area contributed by atoms with Gasteiger partial charge in [-0.05, 0) is 29.7 Å². The number of carbonyl (C=O) groups excluding carboxylic acids is 3. The van der Waals surface area contributed by atoms with Crippen LogP contribution in [-0.4, -0.2) is 46.9 Å². The van der Waals surface area contributed by atoms with Gasteiger partial charge in [-0.25, -0.2) is 0 Å². The van der Waals surface area contributed by atoms with Gasteiger partial charge < -0.3 is 19.9 Å². The normalized spacial score (nSPS) is 22.4. The molecule has 2 amide bonds. The molecule has 1 fully saturated rings. The Labute approximate surface area is 187 Å². The number of esters is 1. The number of fused-ring (bicyclic) bond motifs is 2. The summed E-state index contributed by atoms with van der Waals surface area (Å²) < 4.78 is 5.84. The number of hydrogen-bond acceptors (Lipinski definition) is 5. The Kier molecular flexibility index (Phi) is 4.98. The first-order valence-electron chi connectivity index (χ1n) is 10.0. The van der Waals surface area contributed by atoms with Gasteiger partial charge >= 0.3 is 5.97 Å². The Hall–Kier alpha value is -2.84. The number of carbonyl (C=O) groups is 3. The number of benzene rings is 1. The number of thiophene rings is 1. The van der Waals surface area contributed by atoms with Crippen LogP contribution in [0.25, 0.3) is 10.2 Å². The van der Waals surface area contributed by atoms with Crippen LogP contribution in [0, 0.1) is 0 Å². The van der Waals surface area contributed by atoms with E-state index in [1.807, 2.05) is 30.3 Å². The number of aromatic amines is 1. The van der Waals surface area contributed by atoms with Crippen LogP contribution in [-0.2, 0) is 20.7 Å². The smallest absolute Gasteiger partial charge is 0.306 e. The standard InChI is InChI=1S/C22H20ClN3O4S/c1-26(22(29)16-6-7-18(27)30-16)19-13-5-3-2-4-11(13)8-14(19)24-20(28)15-9-12-10-17(23)31-21(12)25-15/h2-5,9-10,14,16,19,25H,6-8H2,1H3,(H,24,28)/t14-,16+,19-/m1/s1. The van der Waals surface area contributed by atoms with E-state index in [9.17, 15) is 14.4 Å². The topological polar surface area (TPSA) is 91.5 Å². The summed E-state index contributed by atoms with van der Waals surface area (Å²) >= 11 is 7.40. The van der Waals surface area contributed by atoms with Gasteiger partial charge in [-0.15, -0.1) is 11.3 Å². The van der Waals surface area contributed by atoms with Crippen LogP contribution in [0.3, 0.4) is 0 Å². The Bertz CT molecular complexity index is 1170. The Morgan fingerprint density at radius 1 is 1.29 bits per heavy atom. The lowest BCUT2D eigenvalue weighted by Crippen LogP contribution is -2.47. The van der Waals surface area contributed by atoms with E-state index in [-0.39, 0.29) is 36.3 Å². The number of amides is 2. The SMILES string of the molecule is CN(C(=O)[C@@H]1CCC(=O)O1)[C@@H]1c2ccccc2C[C@H]1NC(=O)c1cc2cc(Cl)sc2[nH]1. The number of cyclic esters (lactones) is 1. The van der Waals surface area contributed by atoms with Gasteiger partial charge in [-0.1, -0.05) is 35.9 Å². The first kappa shape index (κ1) is 20.1. The van der Waals surface area contributed by atoms with Crippen molar-refractivity contribution < 1.29 is 19.1 Å². The first-order chi connectivity index (χ1) is 14.9. The minimum Gasteiger partial charge on any atom is -0.452 e. The summed E-state index contributed by atoms with van der Waals surface area (Å²) in [5, 5.41) is 3.98. The summed E-state index contributed by atoms with van der Waals surface area (Å²) in [5.74, 6) is -0.840. The van der Waals surface area contributed by atoms with Crippen LogP contribution < -0.4 is 5.32 Å². The lowest BCUT2D eigenvalue weighted by atomic mass is 10.0. The lowest BCUT2D eigenvalue weighted by molar-refractivity contribution is -0.153. The molecule has 0 unspecified atom stereocenters. The number of nitrogens with one attached hydrogen (secondary N) is 2. The average Bonchev–Trinajstić information content (AvgIpc) is 3.48. The van der Waals surface area contributed by atoms with Crippen molar-refractivity contribution in [1.82, 2.24) is 15.2 Å². The molecule has 1 aromatic carbocycles. The molecule has 2 aromatic heterocycles. The predicted molar refractivity (Wildman–Crippen MR) is 117 cm³/mol. The minimum absolute atomic E-state index is 0.240. The first-order valence-corrected chi connectivity index (χ1v) is 11.2. The van der Waals surface area contributed by atoms with Gasteiger partial charge in [0, 0.05) is 25.3 Å².